The molecule has 1 heterocycles. The number of rotatable bonds is 21. The number of urea groups is 1. The van der Waals surface area contributed by atoms with Crippen LogP contribution in [0.5, 0.6) is 0 Å². The molecular formula is C20H41N4O8PS. The summed E-state index contributed by atoms with van der Waals surface area (Å²) in [6.07, 6.45) is 1.14. The van der Waals surface area contributed by atoms with Gasteiger partial charge in [0.2, 0.25) is 5.91 Å². The number of hydrogen-bond donors (Lipinski definition) is 5. The van der Waals surface area contributed by atoms with E-state index in [9.17, 15) is 14.4 Å². The first-order valence-electron chi connectivity index (χ1n) is 11.3. The molecule has 1 fully saturated rings. The number of carbonyl (C=O) groups is 3. The van der Waals surface area contributed by atoms with Crippen molar-refractivity contribution in [2.75, 3.05) is 83.7 Å². The molecule has 2 unspecified atom stereocenters. The van der Waals surface area contributed by atoms with E-state index in [-0.39, 0.29) is 25.0 Å². The van der Waals surface area contributed by atoms with Crippen molar-refractivity contribution in [2.24, 2.45) is 5.73 Å². The lowest BCUT2D eigenvalue weighted by atomic mass is 10.3. The highest BCUT2D eigenvalue weighted by atomic mass is 32.2. The third kappa shape index (κ3) is 23.9. The molecule has 6 N–H and O–H groups in total. The van der Waals surface area contributed by atoms with E-state index >= 15 is 0 Å². The zero-order valence-corrected chi connectivity index (χ0v) is 21.7. The van der Waals surface area contributed by atoms with Crippen LogP contribution in [0, 0.1) is 0 Å². The summed E-state index contributed by atoms with van der Waals surface area (Å²) in [6.45, 7) is 5.00. The third-order valence-electron chi connectivity index (χ3n) is 4.03. The lowest BCUT2D eigenvalue weighted by Gasteiger charge is -2.08. The summed E-state index contributed by atoms with van der Waals surface area (Å²) in [6, 6.07) is 0.299. The van der Waals surface area contributed by atoms with E-state index in [0.717, 1.165) is 17.8 Å². The minimum absolute atomic E-state index is 0.000488. The molecule has 0 aromatic carbocycles. The van der Waals surface area contributed by atoms with Gasteiger partial charge in [-0.1, -0.05) is 0 Å². The zero-order chi connectivity index (χ0) is 25.3. The highest BCUT2D eigenvalue weighted by Crippen LogP contribution is 2.07. The molecule has 3 amide bonds. The summed E-state index contributed by atoms with van der Waals surface area (Å²) >= 11 is 1.82. The highest BCUT2D eigenvalue weighted by molar-refractivity contribution is 8.02. The molecule has 0 aromatic heterocycles. The first-order valence-corrected chi connectivity index (χ1v) is 13.3. The van der Waals surface area contributed by atoms with Gasteiger partial charge in [-0.15, -0.1) is 9.24 Å². The van der Waals surface area contributed by atoms with Crippen molar-refractivity contribution in [1.82, 2.24) is 16.0 Å². The van der Waals surface area contributed by atoms with Crippen LogP contribution in [-0.4, -0.2) is 113 Å². The first-order chi connectivity index (χ1) is 16.5. The molecule has 1 aliphatic heterocycles. The van der Waals surface area contributed by atoms with Crippen LogP contribution in [0.1, 0.15) is 19.3 Å². The molecule has 34 heavy (non-hydrogen) atoms. The van der Waals surface area contributed by atoms with E-state index in [1.165, 1.54) is 0 Å². The molecule has 14 heteroatoms. The Morgan fingerprint density at radius 3 is 2.12 bits per heavy atom. The Morgan fingerprint density at radius 2 is 1.62 bits per heavy atom. The maximum atomic E-state index is 11.3. The van der Waals surface area contributed by atoms with Crippen LogP contribution in [0.4, 0.5) is 4.79 Å². The van der Waals surface area contributed by atoms with Crippen LogP contribution < -0.4 is 21.7 Å². The third-order valence-corrected chi connectivity index (χ3v) is 5.61. The second-order valence-electron chi connectivity index (χ2n) is 6.92. The molecule has 1 saturated heterocycles. The van der Waals surface area contributed by atoms with Crippen LogP contribution in [0.15, 0.2) is 0 Å². The van der Waals surface area contributed by atoms with Crippen molar-refractivity contribution in [3.05, 3.63) is 0 Å². The van der Waals surface area contributed by atoms with E-state index < -0.39 is 5.97 Å². The minimum atomic E-state index is -0.875. The van der Waals surface area contributed by atoms with Crippen molar-refractivity contribution in [3.8, 4) is 0 Å². The number of ether oxygens (including phenoxy) is 4. The van der Waals surface area contributed by atoms with Gasteiger partial charge in [-0.25, -0.2) is 4.79 Å². The lowest BCUT2D eigenvalue weighted by molar-refractivity contribution is -0.138. The number of nitrogens with one attached hydrogen (secondary N) is 3. The molecule has 200 valence electrons. The molecule has 2 atom stereocenters. The minimum Gasteiger partial charge on any atom is -0.481 e. The first kappa shape index (κ1) is 32.8. The Balaban J connectivity index is 0.000000896. The number of carboxylic acid groups (broad SMARTS) is 1. The van der Waals surface area contributed by atoms with E-state index in [4.69, 9.17) is 29.8 Å². The Morgan fingerprint density at radius 1 is 1.03 bits per heavy atom. The molecule has 1 rings (SSSR count). The molecule has 0 aliphatic carbocycles. The van der Waals surface area contributed by atoms with Gasteiger partial charge in [0.15, 0.2) is 0 Å². The smallest absolute Gasteiger partial charge is 0.315 e. The number of carboxylic acids is 1. The van der Waals surface area contributed by atoms with E-state index in [1.54, 1.807) is 0 Å². The van der Waals surface area contributed by atoms with Gasteiger partial charge in [0.25, 0.3) is 0 Å². The SMILES string of the molecule is NCCCC(=O)NCCOCCOCCOCCOCCC(=O)O.O=C1NCC(CSCP)N1. The summed E-state index contributed by atoms with van der Waals surface area (Å²) in [7, 11) is 2.65. The molecule has 1 aliphatic rings. The van der Waals surface area contributed by atoms with Crippen LogP contribution in [0.2, 0.25) is 0 Å². The van der Waals surface area contributed by atoms with Crippen molar-refractivity contribution >= 4 is 38.9 Å². The average Bonchev–Trinajstić information content (AvgIpc) is 3.24. The normalized spacial score (nSPS) is 14.6. The molecule has 0 radical (unpaired) electrons. The summed E-state index contributed by atoms with van der Waals surface area (Å²) < 4.78 is 20.9. The fourth-order valence-corrected chi connectivity index (χ4v) is 3.38. The van der Waals surface area contributed by atoms with Gasteiger partial charge in [0.05, 0.1) is 65.3 Å². The van der Waals surface area contributed by atoms with Crippen LogP contribution in [0.25, 0.3) is 0 Å². The standard InChI is InChI=1S/C15H30N2O7.C5H11N2OPS/c16-4-1-2-14(18)17-5-7-22-9-11-24-13-12-23-10-8-21-6-3-15(19)20;8-5-6-1-4(7-5)2-10-3-9/h1-13,16H2,(H,17,18)(H,19,20);4H,1-3,9H2,(H2,6,7,8). The van der Waals surface area contributed by atoms with Crippen molar-refractivity contribution in [3.63, 3.8) is 0 Å². The second kappa shape index (κ2) is 24.9. The van der Waals surface area contributed by atoms with Gasteiger partial charge in [0, 0.05) is 30.8 Å². The molecule has 0 saturated carbocycles. The largest absolute Gasteiger partial charge is 0.481 e. The molecule has 0 aromatic rings. The van der Waals surface area contributed by atoms with Crippen molar-refractivity contribution in [1.29, 1.82) is 0 Å². The van der Waals surface area contributed by atoms with E-state index in [0.29, 0.717) is 78.2 Å². The summed E-state index contributed by atoms with van der Waals surface area (Å²) in [5.41, 5.74) is 6.35. The maximum Gasteiger partial charge on any atom is 0.315 e. The van der Waals surface area contributed by atoms with Crippen molar-refractivity contribution < 1.29 is 38.4 Å². The van der Waals surface area contributed by atoms with Crippen molar-refractivity contribution in [2.45, 2.75) is 25.3 Å². The number of aliphatic carboxylic acids is 1. The van der Waals surface area contributed by atoms with Crippen LogP contribution in [0.3, 0.4) is 0 Å². The molecule has 0 bridgehead atoms. The van der Waals surface area contributed by atoms with Gasteiger partial charge in [-0.2, -0.15) is 11.8 Å². The zero-order valence-electron chi connectivity index (χ0n) is 19.8. The lowest BCUT2D eigenvalue weighted by Crippen LogP contribution is -2.28. The Hall–Kier alpha value is -1.21. The van der Waals surface area contributed by atoms with E-state index in [1.807, 2.05) is 11.8 Å². The Kier molecular flexibility index (Phi) is 24.0. The predicted molar refractivity (Wildman–Crippen MR) is 134 cm³/mol. The predicted octanol–water partition coefficient (Wildman–Crippen LogP) is -0.384. The average molecular weight is 529 g/mol. The van der Waals surface area contributed by atoms with Gasteiger partial charge in [0.1, 0.15) is 0 Å². The molecular weight excluding hydrogens is 487 g/mol. The van der Waals surface area contributed by atoms with Gasteiger partial charge in [-0.05, 0) is 13.0 Å². The Bertz CT molecular complexity index is 537. The van der Waals surface area contributed by atoms with Gasteiger partial charge >= 0.3 is 12.0 Å². The quantitative estimate of drug-likeness (QED) is 0.0977. The molecule has 12 nitrogen and oxygen atoms in total. The monoisotopic (exact) mass is 528 g/mol. The topological polar surface area (TPSA) is 170 Å². The van der Waals surface area contributed by atoms with E-state index in [2.05, 4.69) is 25.2 Å². The summed E-state index contributed by atoms with van der Waals surface area (Å²) in [5, 5.41) is 16.7. The maximum absolute atomic E-state index is 11.3. The molecule has 0 spiro atoms. The summed E-state index contributed by atoms with van der Waals surface area (Å²) in [5.74, 6) is 0.118. The number of hydrogen-bond acceptors (Lipinski definition) is 9. The van der Waals surface area contributed by atoms with Crippen LogP contribution >= 0.6 is 21.0 Å². The fourth-order valence-electron chi connectivity index (χ4n) is 2.35. The van der Waals surface area contributed by atoms with Gasteiger partial charge < -0.3 is 45.7 Å². The van der Waals surface area contributed by atoms with Crippen LogP contribution in [-0.2, 0) is 28.5 Å². The number of amides is 3. The Labute approximate surface area is 208 Å². The second-order valence-corrected chi connectivity index (χ2v) is 9.00. The summed E-state index contributed by atoms with van der Waals surface area (Å²) in [4.78, 5) is 32.1. The highest BCUT2D eigenvalue weighted by Gasteiger charge is 2.18. The van der Waals surface area contributed by atoms with Gasteiger partial charge in [-0.3, -0.25) is 9.59 Å². The number of nitrogens with two attached hydrogens (primary N) is 1. The number of carbonyl (C=O) groups excluding carboxylic acids is 2. The number of thioether (sulfide) groups is 1. The fraction of sp³-hybridized carbons (Fsp3) is 0.850.